The molecule has 2 aromatic rings. The first-order valence-electron chi connectivity index (χ1n) is 19.3. The predicted molar refractivity (Wildman–Crippen MR) is 206 cm³/mol. The highest BCUT2D eigenvalue weighted by atomic mass is 16.2. The Hall–Kier alpha value is -4.33. The molecule has 2 aliphatic rings. The molecule has 2 fully saturated rings. The molecular weight excluding hydrogens is 672 g/mol. The van der Waals surface area contributed by atoms with E-state index in [2.05, 4.69) is 10.6 Å². The van der Waals surface area contributed by atoms with Gasteiger partial charge in [0, 0.05) is 25.2 Å². The second-order valence-electron chi connectivity index (χ2n) is 14.7. The molecule has 10 N–H and O–H groups in total. The van der Waals surface area contributed by atoms with Gasteiger partial charge in [-0.3, -0.25) is 28.9 Å². The van der Waals surface area contributed by atoms with Crippen LogP contribution in [0.25, 0.3) is 0 Å². The summed E-state index contributed by atoms with van der Waals surface area (Å²) in [4.78, 5) is 73.1. The van der Waals surface area contributed by atoms with Gasteiger partial charge < -0.3 is 38.5 Å². The molecule has 13 nitrogen and oxygen atoms in total. The minimum atomic E-state index is -1.23. The molecule has 0 unspecified atom stereocenters. The van der Waals surface area contributed by atoms with E-state index in [1.807, 2.05) is 42.5 Å². The van der Waals surface area contributed by atoms with Gasteiger partial charge in [0.2, 0.25) is 23.6 Å². The number of carbonyl (C=O) groups is 5. The van der Waals surface area contributed by atoms with Crippen LogP contribution in [0.2, 0.25) is 0 Å². The highest BCUT2D eigenvalue weighted by molar-refractivity contribution is 6.05. The third-order valence-electron chi connectivity index (χ3n) is 10.5. The van der Waals surface area contributed by atoms with Gasteiger partial charge in [0.15, 0.2) is 0 Å². The van der Waals surface area contributed by atoms with Gasteiger partial charge in [0.1, 0.15) is 18.1 Å². The first-order valence-corrected chi connectivity index (χ1v) is 19.3. The SMILES string of the molecule is C[C@H](N)C(=O)N[C@@H](CCCCN)C(=O)N1CCC[C@H]1C(=O)N(C(=O)[C@H](N)CC1CCCCC1)[C@@H](Cc1ccccc1)C(=O)NCCc1ccc(N)cc1. The van der Waals surface area contributed by atoms with Gasteiger partial charge in [-0.1, -0.05) is 74.6 Å². The fourth-order valence-corrected chi connectivity index (χ4v) is 7.45. The van der Waals surface area contributed by atoms with Crippen molar-refractivity contribution in [2.75, 3.05) is 25.4 Å². The molecule has 0 radical (unpaired) electrons. The topological polar surface area (TPSA) is 220 Å². The van der Waals surface area contributed by atoms with E-state index in [0.29, 0.717) is 57.2 Å². The van der Waals surface area contributed by atoms with E-state index in [4.69, 9.17) is 22.9 Å². The van der Waals surface area contributed by atoms with E-state index in [1.165, 1.54) is 11.8 Å². The van der Waals surface area contributed by atoms with Crippen LogP contribution in [0, 0.1) is 5.92 Å². The molecule has 1 saturated carbocycles. The summed E-state index contributed by atoms with van der Waals surface area (Å²) >= 11 is 0. The number of hydrogen-bond acceptors (Lipinski definition) is 9. The van der Waals surface area contributed by atoms with Gasteiger partial charge in [-0.2, -0.15) is 0 Å². The minimum absolute atomic E-state index is 0.0645. The zero-order chi connectivity index (χ0) is 38.3. The number of nitrogens with one attached hydrogen (secondary N) is 2. The van der Waals surface area contributed by atoms with E-state index in [9.17, 15) is 24.0 Å². The number of likely N-dealkylation sites (tertiary alicyclic amines) is 1. The van der Waals surface area contributed by atoms with Crippen molar-refractivity contribution in [3.8, 4) is 0 Å². The van der Waals surface area contributed by atoms with Crippen molar-refractivity contribution >= 4 is 35.2 Å². The van der Waals surface area contributed by atoms with Crippen LogP contribution in [0.3, 0.4) is 0 Å². The van der Waals surface area contributed by atoms with Crippen LogP contribution in [0.5, 0.6) is 0 Å². The lowest BCUT2D eigenvalue weighted by atomic mass is 9.84. The number of carbonyl (C=O) groups excluding carboxylic acids is 5. The number of benzene rings is 2. The number of hydrogen-bond donors (Lipinski definition) is 6. The minimum Gasteiger partial charge on any atom is -0.399 e. The Kier molecular flexibility index (Phi) is 16.2. The molecule has 53 heavy (non-hydrogen) atoms. The smallest absolute Gasteiger partial charge is 0.252 e. The molecule has 1 aliphatic heterocycles. The molecule has 1 heterocycles. The monoisotopic (exact) mass is 732 g/mol. The summed E-state index contributed by atoms with van der Waals surface area (Å²) in [5.74, 6) is -2.43. The van der Waals surface area contributed by atoms with E-state index < -0.39 is 59.7 Å². The van der Waals surface area contributed by atoms with Gasteiger partial charge in [-0.15, -0.1) is 0 Å². The van der Waals surface area contributed by atoms with Crippen molar-refractivity contribution in [3.63, 3.8) is 0 Å². The third-order valence-corrected chi connectivity index (χ3v) is 10.5. The standard InChI is InChI=1S/C40H60N8O5/c1-27(42)36(49)46-33(15-8-9-22-41)39(52)47-24-10-16-34(47)40(53)48(38(51)32(44)25-29-11-4-2-5-12-29)35(26-30-13-6-3-7-14-30)37(50)45-23-21-28-17-19-31(43)20-18-28/h3,6-7,13-14,17-20,27,29,32-35H,2,4-5,8-12,15-16,21-26,41-44H2,1H3,(H,45,50)(H,46,49)/t27-,32+,33-,34-,35-/m0/s1. The Morgan fingerprint density at radius 3 is 2.23 bits per heavy atom. The summed E-state index contributed by atoms with van der Waals surface area (Å²) in [6.07, 6.45) is 8.49. The second kappa shape index (κ2) is 20.8. The molecule has 2 aromatic carbocycles. The summed E-state index contributed by atoms with van der Waals surface area (Å²) in [5, 5.41) is 5.73. The number of nitrogens with two attached hydrogens (primary N) is 4. The molecule has 0 spiro atoms. The highest BCUT2D eigenvalue weighted by Gasteiger charge is 2.45. The number of amides is 5. The Balaban J connectivity index is 1.66. The van der Waals surface area contributed by atoms with Crippen LogP contribution >= 0.6 is 0 Å². The van der Waals surface area contributed by atoms with Gasteiger partial charge in [0.05, 0.1) is 12.1 Å². The van der Waals surface area contributed by atoms with E-state index in [-0.39, 0.29) is 25.4 Å². The maximum Gasteiger partial charge on any atom is 0.252 e. The van der Waals surface area contributed by atoms with E-state index >= 15 is 0 Å². The van der Waals surface area contributed by atoms with Crippen molar-refractivity contribution < 1.29 is 24.0 Å². The highest BCUT2D eigenvalue weighted by Crippen LogP contribution is 2.29. The largest absolute Gasteiger partial charge is 0.399 e. The van der Waals surface area contributed by atoms with Crippen molar-refractivity contribution in [3.05, 3.63) is 65.7 Å². The quantitative estimate of drug-likeness (QED) is 0.0976. The van der Waals surface area contributed by atoms with Gasteiger partial charge >= 0.3 is 0 Å². The summed E-state index contributed by atoms with van der Waals surface area (Å²) in [6.45, 7) is 2.48. The summed E-state index contributed by atoms with van der Waals surface area (Å²) in [7, 11) is 0. The molecule has 290 valence electrons. The maximum atomic E-state index is 14.9. The number of nitrogens with zero attached hydrogens (tertiary/aromatic N) is 2. The first kappa shape index (κ1) is 41.4. The molecule has 4 rings (SSSR count). The average molecular weight is 733 g/mol. The number of rotatable bonds is 18. The van der Waals surface area contributed by atoms with Crippen LogP contribution in [0.1, 0.15) is 88.7 Å². The van der Waals surface area contributed by atoms with Gasteiger partial charge in [-0.05, 0) is 87.6 Å². The molecule has 1 saturated heterocycles. The van der Waals surface area contributed by atoms with Crippen LogP contribution in [-0.4, -0.2) is 89.2 Å². The molecule has 5 amide bonds. The zero-order valence-corrected chi connectivity index (χ0v) is 31.2. The second-order valence-corrected chi connectivity index (χ2v) is 14.7. The first-order chi connectivity index (χ1) is 25.5. The Labute approximate surface area is 313 Å². The van der Waals surface area contributed by atoms with Crippen molar-refractivity contribution in [2.45, 2.75) is 121 Å². The molecule has 0 bridgehead atoms. The molecular formula is C40H60N8O5. The maximum absolute atomic E-state index is 14.9. The number of anilines is 1. The van der Waals surface area contributed by atoms with Crippen LogP contribution in [-0.2, 0) is 36.8 Å². The lowest BCUT2D eigenvalue weighted by Gasteiger charge is -2.36. The lowest BCUT2D eigenvalue weighted by molar-refractivity contribution is -0.158. The zero-order valence-electron chi connectivity index (χ0n) is 31.2. The summed E-state index contributed by atoms with van der Waals surface area (Å²) in [6, 6.07) is 11.6. The Morgan fingerprint density at radius 2 is 1.57 bits per heavy atom. The van der Waals surface area contributed by atoms with Crippen molar-refractivity contribution in [1.82, 2.24) is 20.4 Å². The normalized spacial score (nSPS) is 18.4. The van der Waals surface area contributed by atoms with Crippen LogP contribution in [0.15, 0.2) is 54.6 Å². The van der Waals surface area contributed by atoms with Gasteiger partial charge in [0.25, 0.3) is 5.91 Å². The Bertz CT molecular complexity index is 1500. The predicted octanol–water partition coefficient (Wildman–Crippen LogP) is 2.14. The average Bonchev–Trinajstić information content (AvgIpc) is 3.65. The fourth-order valence-electron chi connectivity index (χ4n) is 7.45. The van der Waals surface area contributed by atoms with E-state index in [0.717, 1.165) is 48.1 Å². The lowest BCUT2D eigenvalue weighted by Crippen LogP contribution is -2.62. The third kappa shape index (κ3) is 12.1. The van der Waals surface area contributed by atoms with Crippen molar-refractivity contribution in [2.24, 2.45) is 23.1 Å². The van der Waals surface area contributed by atoms with Crippen LogP contribution in [0.4, 0.5) is 5.69 Å². The fraction of sp³-hybridized carbons (Fsp3) is 0.575. The molecule has 5 atom stereocenters. The molecule has 13 heteroatoms. The van der Waals surface area contributed by atoms with Crippen molar-refractivity contribution in [1.29, 1.82) is 0 Å². The molecule has 1 aliphatic carbocycles. The number of unbranched alkanes of at least 4 members (excludes halogenated alkanes) is 1. The number of nitrogen functional groups attached to an aromatic ring is 1. The summed E-state index contributed by atoms with van der Waals surface area (Å²) < 4.78 is 0. The summed E-state index contributed by atoms with van der Waals surface area (Å²) in [5.41, 5.74) is 26.4. The number of imide groups is 1. The molecule has 0 aromatic heterocycles. The van der Waals surface area contributed by atoms with Gasteiger partial charge in [-0.25, -0.2) is 0 Å². The van der Waals surface area contributed by atoms with E-state index in [1.54, 1.807) is 12.1 Å². The Morgan fingerprint density at radius 1 is 0.868 bits per heavy atom. The van der Waals surface area contributed by atoms with Crippen LogP contribution < -0.4 is 33.6 Å².